The molecule has 1 unspecified atom stereocenters. The quantitative estimate of drug-likeness (QED) is 0.764. The van der Waals surface area contributed by atoms with Gasteiger partial charge in [0.25, 0.3) is 5.91 Å². The molecule has 0 radical (unpaired) electrons. The summed E-state index contributed by atoms with van der Waals surface area (Å²) in [5, 5.41) is 5.16. The lowest BCUT2D eigenvalue weighted by Gasteiger charge is -2.14. The SMILES string of the molecule is CC(=O)NCc1ccc(C(=O)OC(C)C(=O)Nc2ccc(C)c(F)c2)cc1. The highest BCUT2D eigenvalue weighted by Gasteiger charge is 2.19. The number of hydrogen-bond donors (Lipinski definition) is 2. The molecule has 0 heterocycles. The van der Waals surface area contributed by atoms with Crippen molar-refractivity contribution in [1.29, 1.82) is 0 Å². The van der Waals surface area contributed by atoms with Crippen LogP contribution in [-0.4, -0.2) is 23.9 Å². The number of rotatable bonds is 6. The zero-order chi connectivity index (χ0) is 20.0. The summed E-state index contributed by atoms with van der Waals surface area (Å²) in [5.41, 5.74) is 1.86. The second-order valence-corrected chi connectivity index (χ2v) is 6.11. The van der Waals surface area contributed by atoms with E-state index in [2.05, 4.69) is 10.6 Å². The van der Waals surface area contributed by atoms with Crippen LogP contribution >= 0.6 is 0 Å². The third-order valence-electron chi connectivity index (χ3n) is 3.82. The van der Waals surface area contributed by atoms with Crippen LogP contribution < -0.4 is 10.6 Å². The van der Waals surface area contributed by atoms with Crippen LogP contribution in [0.5, 0.6) is 0 Å². The molecule has 6 nitrogen and oxygen atoms in total. The van der Waals surface area contributed by atoms with Gasteiger partial charge in [-0.1, -0.05) is 18.2 Å². The fraction of sp³-hybridized carbons (Fsp3) is 0.250. The molecule has 2 amide bonds. The fourth-order valence-electron chi connectivity index (χ4n) is 2.18. The molecule has 0 spiro atoms. The van der Waals surface area contributed by atoms with Crippen LogP contribution in [-0.2, 0) is 20.9 Å². The zero-order valence-electron chi connectivity index (χ0n) is 15.3. The summed E-state index contributed by atoms with van der Waals surface area (Å²) < 4.78 is 18.7. The lowest BCUT2D eigenvalue weighted by molar-refractivity contribution is -0.123. The van der Waals surface area contributed by atoms with Crippen LogP contribution in [0.3, 0.4) is 0 Å². The Hall–Kier alpha value is -3.22. The summed E-state index contributed by atoms with van der Waals surface area (Å²) in [6.07, 6.45) is -1.05. The van der Waals surface area contributed by atoms with E-state index in [0.717, 1.165) is 5.56 Å². The first kappa shape index (κ1) is 20.1. The minimum atomic E-state index is -1.05. The van der Waals surface area contributed by atoms with Crippen LogP contribution in [0.2, 0.25) is 0 Å². The van der Waals surface area contributed by atoms with Gasteiger partial charge in [-0.2, -0.15) is 0 Å². The van der Waals surface area contributed by atoms with Crippen molar-refractivity contribution in [2.75, 3.05) is 5.32 Å². The van der Waals surface area contributed by atoms with E-state index in [1.54, 1.807) is 43.3 Å². The molecule has 27 heavy (non-hydrogen) atoms. The Morgan fingerprint density at radius 1 is 1.11 bits per heavy atom. The molecule has 0 bridgehead atoms. The van der Waals surface area contributed by atoms with Gasteiger partial charge in [0.15, 0.2) is 6.10 Å². The van der Waals surface area contributed by atoms with Gasteiger partial charge in [0.2, 0.25) is 5.91 Å². The Morgan fingerprint density at radius 2 is 1.78 bits per heavy atom. The highest BCUT2D eigenvalue weighted by molar-refractivity contribution is 5.97. The molecule has 0 saturated heterocycles. The van der Waals surface area contributed by atoms with Gasteiger partial charge in [-0.15, -0.1) is 0 Å². The molecule has 0 saturated carbocycles. The molecule has 0 fully saturated rings. The van der Waals surface area contributed by atoms with Crippen molar-refractivity contribution in [3.8, 4) is 0 Å². The largest absolute Gasteiger partial charge is 0.449 e. The minimum Gasteiger partial charge on any atom is -0.449 e. The van der Waals surface area contributed by atoms with Crippen LogP contribution in [0.1, 0.15) is 35.3 Å². The van der Waals surface area contributed by atoms with E-state index in [9.17, 15) is 18.8 Å². The van der Waals surface area contributed by atoms with E-state index in [-0.39, 0.29) is 17.2 Å². The molecule has 142 valence electrons. The van der Waals surface area contributed by atoms with Crippen LogP contribution in [0.4, 0.5) is 10.1 Å². The summed E-state index contributed by atoms with van der Waals surface area (Å²) in [6, 6.07) is 10.8. The maximum absolute atomic E-state index is 13.5. The van der Waals surface area contributed by atoms with Crippen molar-refractivity contribution in [2.45, 2.75) is 33.4 Å². The van der Waals surface area contributed by atoms with Gasteiger partial charge in [-0.05, 0) is 49.2 Å². The number of amides is 2. The summed E-state index contributed by atoms with van der Waals surface area (Å²) in [4.78, 5) is 35.2. The summed E-state index contributed by atoms with van der Waals surface area (Å²) in [6.45, 7) is 4.83. The number of hydrogen-bond acceptors (Lipinski definition) is 4. The molecule has 7 heteroatoms. The first-order valence-electron chi connectivity index (χ1n) is 8.37. The zero-order valence-corrected chi connectivity index (χ0v) is 15.3. The number of ether oxygens (including phenoxy) is 1. The molecular weight excluding hydrogens is 351 g/mol. The number of esters is 1. The number of carbonyl (C=O) groups is 3. The van der Waals surface area contributed by atoms with Crippen LogP contribution in [0.15, 0.2) is 42.5 Å². The molecule has 0 aliphatic rings. The maximum Gasteiger partial charge on any atom is 0.338 e. The van der Waals surface area contributed by atoms with E-state index in [1.165, 1.54) is 19.9 Å². The van der Waals surface area contributed by atoms with Gasteiger partial charge in [-0.3, -0.25) is 9.59 Å². The Morgan fingerprint density at radius 3 is 2.37 bits per heavy atom. The Bertz CT molecular complexity index is 850. The lowest BCUT2D eigenvalue weighted by Crippen LogP contribution is -2.30. The molecule has 2 N–H and O–H groups in total. The normalized spacial score (nSPS) is 11.4. The first-order valence-corrected chi connectivity index (χ1v) is 8.37. The topological polar surface area (TPSA) is 84.5 Å². The molecule has 2 aromatic carbocycles. The van der Waals surface area contributed by atoms with Gasteiger partial charge in [0.05, 0.1) is 5.56 Å². The molecule has 0 aliphatic carbocycles. The van der Waals surface area contributed by atoms with E-state index >= 15 is 0 Å². The Kier molecular flexibility index (Phi) is 6.65. The number of nitrogens with one attached hydrogen (secondary N) is 2. The van der Waals surface area contributed by atoms with Crippen molar-refractivity contribution in [3.63, 3.8) is 0 Å². The number of benzene rings is 2. The highest BCUT2D eigenvalue weighted by Crippen LogP contribution is 2.14. The summed E-state index contributed by atoms with van der Waals surface area (Å²) >= 11 is 0. The van der Waals surface area contributed by atoms with Gasteiger partial charge >= 0.3 is 5.97 Å². The highest BCUT2D eigenvalue weighted by atomic mass is 19.1. The van der Waals surface area contributed by atoms with Crippen molar-refractivity contribution in [3.05, 3.63) is 65.0 Å². The monoisotopic (exact) mass is 372 g/mol. The maximum atomic E-state index is 13.5. The predicted octanol–water partition coefficient (Wildman–Crippen LogP) is 2.95. The number of aryl methyl sites for hydroxylation is 1. The summed E-state index contributed by atoms with van der Waals surface area (Å²) in [5.74, 6) is -1.80. The molecule has 0 aromatic heterocycles. The minimum absolute atomic E-state index is 0.146. The van der Waals surface area contributed by atoms with Crippen molar-refractivity contribution in [1.82, 2.24) is 5.32 Å². The second kappa shape index (κ2) is 8.93. The summed E-state index contributed by atoms with van der Waals surface area (Å²) in [7, 11) is 0. The fourth-order valence-corrected chi connectivity index (χ4v) is 2.18. The second-order valence-electron chi connectivity index (χ2n) is 6.11. The van der Waals surface area contributed by atoms with E-state index in [1.807, 2.05) is 0 Å². The van der Waals surface area contributed by atoms with E-state index < -0.39 is 23.8 Å². The molecule has 2 aromatic rings. The standard InChI is InChI=1S/C20H21FN2O4/c1-12-4-9-17(10-18(12)21)23-19(25)13(2)27-20(26)16-7-5-15(6-8-16)11-22-14(3)24/h4-10,13H,11H2,1-3H3,(H,22,24)(H,23,25). The third kappa shape index (κ3) is 5.91. The van der Waals surface area contributed by atoms with Gasteiger partial charge in [0, 0.05) is 19.2 Å². The van der Waals surface area contributed by atoms with Crippen LogP contribution in [0.25, 0.3) is 0 Å². The molecule has 2 rings (SSSR count). The Balaban J connectivity index is 1.92. The molecular formula is C20H21FN2O4. The van der Waals surface area contributed by atoms with Gasteiger partial charge in [0.1, 0.15) is 5.82 Å². The third-order valence-corrected chi connectivity index (χ3v) is 3.82. The molecule has 0 aliphatic heterocycles. The van der Waals surface area contributed by atoms with E-state index in [0.29, 0.717) is 12.1 Å². The van der Waals surface area contributed by atoms with Gasteiger partial charge in [-0.25, -0.2) is 9.18 Å². The first-order chi connectivity index (χ1) is 12.8. The van der Waals surface area contributed by atoms with Gasteiger partial charge < -0.3 is 15.4 Å². The number of carbonyl (C=O) groups excluding carboxylic acids is 3. The van der Waals surface area contributed by atoms with E-state index in [4.69, 9.17) is 4.74 Å². The smallest absolute Gasteiger partial charge is 0.338 e. The number of halogens is 1. The Labute approximate surface area is 156 Å². The average molecular weight is 372 g/mol. The predicted molar refractivity (Wildman–Crippen MR) is 98.6 cm³/mol. The van der Waals surface area contributed by atoms with Crippen LogP contribution in [0, 0.1) is 12.7 Å². The average Bonchev–Trinajstić information content (AvgIpc) is 2.63. The number of anilines is 1. The lowest BCUT2D eigenvalue weighted by atomic mass is 10.1. The van der Waals surface area contributed by atoms with Crippen molar-refractivity contribution in [2.24, 2.45) is 0 Å². The molecule has 1 atom stereocenters. The van der Waals surface area contributed by atoms with Crippen molar-refractivity contribution >= 4 is 23.5 Å². The van der Waals surface area contributed by atoms with Crippen molar-refractivity contribution < 1.29 is 23.5 Å².